The molecule has 0 fully saturated rings. The zero-order valence-corrected chi connectivity index (χ0v) is 17.6. The van der Waals surface area contributed by atoms with E-state index in [0.717, 1.165) is 11.3 Å². The van der Waals surface area contributed by atoms with Crippen LogP contribution in [0.15, 0.2) is 41.5 Å². The molecule has 1 N–H and O–H groups in total. The highest BCUT2D eigenvalue weighted by molar-refractivity contribution is 6.01. The van der Waals surface area contributed by atoms with E-state index in [1.54, 1.807) is 19.2 Å². The molecule has 0 heterocycles. The Morgan fingerprint density at radius 3 is 1.93 bits per heavy atom. The molecule has 29 heavy (non-hydrogen) atoms. The van der Waals surface area contributed by atoms with Crippen molar-refractivity contribution in [2.75, 3.05) is 26.9 Å². The molecule has 0 saturated carbocycles. The Balaban J connectivity index is 2.26. The zero-order valence-electron chi connectivity index (χ0n) is 17.6. The van der Waals surface area contributed by atoms with Gasteiger partial charge in [-0.15, -0.1) is 0 Å². The number of ether oxygens (including phenoxy) is 4. The third-order valence-corrected chi connectivity index (χ3v) is 4.00. The fourth-order valence-electron chi connectivity index (χ4n) is 2.62. The molecule has 1 amide bonds. The summed E-state index contributed by atoms with van der Waals surface area (Å²) in [5.74, 6) is 1.79. The molecule has 0 atom stereocenters. The largest absolute Gasteiger partial charge is 0.497 e. The number of rotatable bonds is 10. The van der Waals surface area contributed by atoms with Gasteiger partial charge in [-0.1, -0.05) is 0 Å². The minimum atomic E-state index is -0.372. The molecule has 0 aliphatic carbocycles. The van der Waals surface area contributed by atoms with E-state index in [1.165, 1.54) is 0 Å². The van der Waals surface area contributed by atoms with E-state index in [-0.39, 0.29) is 5.91 Å². The maximum atomic E-state index is 12.7. The quantitative estimate of drug-likeness (QED) is 0.481. The van der Waals surface area contributed by atoms with Crippen LogP contribution in [0.4, 0.5) is 0 Å². The van der Waals surface area contributed by atoms with Crippen molar-refractivity contribution in [2.24, 2.45) is 5.10 Å². The highest BCUT2D eigenvalue weighted by Gasteiger charge is 2.18. The average molecular weight is 400 g/mol. The Morgan fingerprint density at radius 1 is 0.897 bits per heavy atom. The summed E-state index contributed by atoms with van der Waals surface area (Å²) in [7, 11) is 1.61. The molecular weight excluding hydrogens is 372 g/mol. The summed E-state index contributed by atoms with van der Waals surface area (Å²) in [4.78, 5) is 12.7. The van der Waals surface area contributed by atoms with Gasteiger partial charge in [-0.25, -0.2) is 5.43 Å². The molecule has 7 nitrogen and oxygen atoms in total. The molecule has 0 aromatic heterocycles. The minimum absolute atomic E-state index is 0.367. The van der Waals surface area contributed by atoms with E-state index >= 15 is 0 Å². The Kier molecular flexibility index (Phi) is 8.33. The van der Waals surface area contributed by atoms with Gasteiger partial charge in [-0.2, -0.15) is 5.10 Å². The molecule has 0 aliphatic heterocycles. The molecule has 0 unspecified atom stereocenters. The number of methoxy groups -OCH3 is 1. The SMILES string of the molecule is CCOc1cc(C(=O)N/N=C(/C)c2ccc(OC)cc2)cc(OCC)c1OCC. The van der Waals surface area contributed by atoms with E-state index in [9.17, 15) is 4.79 Å². The monoisotopic (exact) mass is 400 g/mol. The molecule has 0 aliphatic rings. The van der Waals surface area contributed by atoms with Crippen LogP contribution in [0.1, 0.15) is 43.6 Å². The van der Waals surface area contributed by atoms with Crippen LogP contribution in [-0.4, -0.2) is 38.5 Å². The number of hydrogen-bond acceptors (Lipinski definition) is 6. The number of carbonyl (C=O) groups is 1. The van der Waals surface area contributed by atoms with Crippen LogP contribution in [0, 0.1) is 0 Å². The second-order valence-corrected chi connectivity index (χ2v) is 5.97. The van der Waals surface area contributed by atoms with Gasteiger partial charge in [0.05, 0.1) is 32.6 Å². The lowest BCUT2D eigenvalue weighted by molar-refractivity contribution is 0.0953. The second-order valence-electron chi connectivity index (χ2n) is 5.97. The molecule has 2 aromatic rings. The molecule has 7 heteroatoms. The first-order valence-electron chi connectivity index (χ1n) is 9.59. The first-order valence-corrected chi connectivity index (χ1v) is 9.59. The van der Waals surface area contributed by atoms with Gasteiger partial charge < -0.3 is 18.9 Å². The van der Waals surface area contributed by atoms with Gasteiger partial charge in [0, 0.05) is 5.56 Å². The van der Waals surface area contributed by atoms with Crippen molar-refractivity contribution in [3.8, 4) is 23.0 Å². The summed E-state index contributed by atoms with van der Waals surface area (Å²) in [5.41, 5.74) is 4.50. The van der Waals surface area contributed by atoms with Crippen LogP contribution in [0.3, 0.4) is 0 Å². The maximum Gasteiger partial charge on any atom is 0.271 e. The lowest BCUT2D eigenvalue weighted by Crippen LogP contribution is -2.20. The molecule has 156 valence electrons. The van der Waals surface area contributed by atoms with Crippen molar-refractivity contribution >= 4 is 11.6 Å². The van der Waals surface area contributed by atoms with Gasteiger partial charge in [0.25, 0.3) is 5.91 Å². The fourth-order valence-corrected chi connectivity index (χ4v) is 2.62. The average Bonchev–Trinajstić information content (AvgIpc) is 2.74. The molecular formula is C22H28N2O5. The number of hydrogen-bond donors (Lipinski definition) is 1. The van der Waals surface area contributed by atoms with Gasteiger partial charge in [0.15, 0.2) is 11.5 Å². The predicted molar refractivity (Wildman–Crippen MR) is 113 cm³/mol. The first kappa shape index (κ1) is 22.1. The van der Waals surface area contributed by atoms with E-state index in [2.05, 4.69) is 10.5 Å². The van der Waals surface area contributed by atoms with E-state index in [4.69, 9.17) is 18.9 Å². The van der Waals surface area contributed by atoms with E-state index in [1.807, 2.05) is 52.0 Å². The summed E-state index contributed by atoms with van der Waals surface area (Å²) < 4.78 is 22.1. The number of benzene rings is 2. The standard InChI is InChI=1S/C22H28N2O5/c1-6-27-19-13-17(14-20(28-7-2)21(19)29-8-3)22(25)24-23-15(4)16-9-11-18(26-5)12-10-16/h9-14H,6-8H2,1-5H3,(H,24,25)/b23-15-. The van der Waals surface area contributed by atoms with Gasteiger partial charge in [-0.3, -0.25) is 4.79 Å². The Labute approximate surface area is 171 Å². The normalized spacial score (nSPS) is 11.0. The second kappa shape index (κ2) is 10.9. The highest BCUT2D eigenvalue weighted by Crippen LogP contribution is 2.39. The molecule has 2 aromatic carbocycles. The van der Waals surface area contributed by atoms with E-state index in [0.29, 0.717) is 48.3 Å². The van der Waals surface area contributed by atoms with Crippen LogP contribution in [0.2, 0.25) is 0 Å². The topological polar surface area (TPSA) is 78.4 Å². The summed E-state index contributed by atoms with van der Waals surface area (Å²) in [6.07, 6.45) is 0. The van der Waals surface area contributed by atoms with Crippen LogP contribution >= 0.6 is 0 Å². The van der Waals surface area contributed by atoms with Crippen LogP contribution in [0.5, 0.6) is 23.0 Å². The zero-order chi connectivity index (χ0) is 21.2. The molecule has 2 rings (SSSR count). The number of nitrogens with zero attached hydrogens (tertiary/aromatic N) is 1. The van der Waals surface area contributed by atoms with Crippen LogP contribution in [0.25, 0.3) is 0 Å². The molecule has 0 bridgehead atoms. The number of hydrazone groups is 1. The van der Waals surface area contributed by atoms with Gasteiger partial charge in [0.2, 0.25) is 5.75 Å². The van der Waals surface area contributed by atoms with Crippen molar-refractivity contribution in [2.45, 2.75) is 27.7 Å². The van der Waals surface area contributed by atoms with E-state index < -0.39 is 0 Å². The number of carbonyl (C=O) groups excluding carboxylic acids is 1. The van der Waals surface area contributed by atoms with Crippen molar-refractivity contribution in [1.82, 2.24) is 5.43 Å². The lowest BCUT2D eigenvalue weighted by Gasteiger charge is -2.16. The summed E-state index contributed by atoms with van der Waals surface area (Å²) in [5, 5.41) is 4.20. The van der Waals surface area contributed by atoms with Gasteiger partial charge >= 0.3 is 0 Å². The van der Waals surface area contributed by atoms with Crippen LogP contribution in [-0.2, 0) is 0 Å². The van der Waals surface area contributed by atoms with Gasteiger partial charge in [0.1, 0.15) is 5.75 Å². The Morgan fingerprint density at radius 2 is 1.45 bits per heavy atom. The third kappa shape index (κ3) is 5.88. The highest BCUT2D eigenvalue weighted by atomic mass is 16.5. The van der Waals surface area contributed by atoms with Gasteiger partial charge in [-0.05, 0) is 69.7 Å². The van der Waals surface area contributed by atoms with Crippen molar-refractivity contribution in [1.29, 1.82) is 0 Å². The van der Waals surface area contributed by atoms with Crippen molar-refractivity contribution in [3.63, 3.8) is 0 Å². The Hall–Kier alpha value is -3.22. The molecule has 0 saturated heterocycles. The number of nitrogens with one attached hydrogen (secondary N) is 1. The van der Waals surface area contributed by atoms with Crippen molar-refractivity contribution < 1.29 is 23.7 Å². The smallest absolute Gasteiger partial charge is 0.271 e. The molecule has 0 radical (unpaired) electrons. The van der Waals surface area contributed by atoms with Crippen LogP contribution < -0.4 is 24.4 Å². The first-order chi connectivity index (χ1) is 14.0. The Bertz CT molecular complexity index is 820. The predicted octanol–water partition coefficient (Wildman–Crippen LogP) is 4.05. The summed E-state index contributed by atoms with van der Waals surface area (Å²) in [6, 6.07) is 10.7. The maximum absolute atomic E-state index is 12.7. The number of amides is 1. The molecule has 0 spiro atoms. The lowest BCUT2D eigenvalue weighted by atomic mass is 10.1. The summed E-state index contributed by atoms with van der Waals surface area (Å²) in [6.45, 7) is 8.75. The third-order valence-electron chi connectivity index (χ3n) is 4.00. The summed E-state index contributed by atoms with van der Waals surface area (Å²) >= 11 is 0. The minimum Gasteiger partial charge on any atom is -0.497 e. The van der Waals surface area contributed by atoms with Crippen molar-refractivity contribution in [3.05, 3.63) is 47.5 Å². The fraction of sp³-hybridized carbons (Fsp3) is 0.364.